The Kier molecular flexibility index (Phi) is 9.09. The van der Waals surface area contributed by atoms with Gasteiger partial charge < -0.3 is 4.74 Å². The molecular formula is C44H46N4O. The molecule has 0 amide bonds. The molecule has 0 fully saturated rings. The van der Waals surface area contributed by atoms with Gasteiger partial charge in [0.2, 0.25) is 0 Å². The van der Waals surface area contributed by atoms with Crippen molar-refractivity contribution in [1.82, 2.24) is 19.3 Å². The van der Waals surface area contributed by atoms with Gasteiger partial charge in [0, 0.05) is 40.9 Å². The van der Waals surface area contributed by atoms with Crippen LogP contribution in [-0.2, 0) is 12.8 Å². The zero-order valence-corrected chi connectivity index (χ0v) is 29.7. The molecule has 0 spiro atoms. The largest absolute Gasteiger partial charge is 0.457 e. The molecule has 0 aliphatic rings. The topological polar surface area (TPSA) is 44.9 Å². The van der Waals surface area contributed by atoms with Crippen LogP contribution in [0.4, 0.5) is 0 Å². The van der Waals surface area contributed by atoms with Gasteiger partial charge >= 0.3 is 0 Å². The molecule has 0 aliphatic heterocycles. The highest BCUT2D eigenvalue weighted by Gasteiger charge is 2.20. The minimum atomic E-state index is 0.763. The zero-order valence-electron chi connectivity index (χ0n) is 29.7. The van der Waals surface area contributed by atoms with Crippen molar-refractivity contribution in [3.8, 4) is 34.1 Å². The molecule has 0 saturated carbocycles. The van der Waals surface area contributed by atoms with Gasteiger partial charge in [-0.05, 0) is 135 Å². The van der Waals surface area contributed by atoms with E-state index >= 15 is 0 Å². The van der Waals surface area contributed by atoms with Crippen molar-refractivity contribution in [2.24, 2.45) is 0 Å². The molecule has 0 atom stereocenters. The van der Waals surface area contributed by atoms with Crippen LogP contribution in [0, 0.1) is 27.7 Å². The number of benzene rings is 4. The van der Waals surface area contributed by atoms with Gasteiger partial charge in [0.1, 0.15) is 17.3 Å². The number of nitrogens with zero attached hydrogens (tertiary/aromatic N) is 4. The molecule has 0 bridgehead atoms. The summed E-state index contributed by atoms with van der Waals surface area (Å²) in [4.78, 5) is 4.73. The quantitative estimate of drug-likeness (QED) is 0.140. The van der Waals surface area contributed by atoms with Crippen molar-refractivity contribution in [3.05, 3.63) is 131 Å². The molecule has 0 saturated heterocycles. The van der Waals surface area contributed by atoms with Gasteiger partial charge in [-0.2, -0.15) is 5.10 Å². The molecule has 5 heteroatoms. The van der Waals surface area contributed by atoms with Crippen LogP contribution >= 0.6 is 0 Å². The van der Waals surface area contributed by atoms with Gasteiger partial charge in [0.25, 0.3) is 0 Å². The molecule has 248 valence electrons. The van der Waals surface area contributed by atoms with Crippen molar-refractivity contribution < 1.29 is 4.74 Å². The zero-order chi connectivity index (χ0) is 34.1. The molecular weight excluding hydrogens is 601 g/mol. The lowest BCUT2D eigenvalue weighted by Crippen LogP contribution is -2.06. The number of aryl methyl sites for hydroxylation is 1. The third kappa shape index (κ3) is 6.14. The lowest BCUT2D eigenvalue weighted by molar-refractivity contribution is 0.483. The average molecular weight is 647 g/mol. The number of para-hydroxylation sites is 1. The minimum Gasteiger partial charge on any atom is -0.457 e. The molecule has 0 N–H and O–H groups in total. The Morgan fingerprint density at radius 1 is 0.673 bits per heavy atom. The van der Waals surface area contributed by atoms with Crippen LogP contribution in [0.25, 0.3) is 44.4 Å². The standard InChI is InChI=1S/C44H46N4O/c1-7-9-16-37-31(5)30(4)32(6)38(17-10-8-2)44(37)33-27-46-47(28-33)34-14-13-15-35(25-34)49-36-20-21-40-39-18-11-12-19-41(39)48(42(40)26-36)43-24-29(3)22-23-45-43/h11-15,18-28H,7-10,16-17H2,1-6H3. The van der Waals surface area contributed by atoms with Gasteiger partial charge in [0.05, 0.1) is 22.9 Å². The molecule has 0 aliphatic carbocycles. The van der Waals surface area contributed by atoms with E-state index in [1.54, 1.807) is 0 Å². The fourth-order valence-corrected chi connectivity index (χ4v) is 7.29. The summed E-state index contributed by atoms with van der Waals surface area (Å²) in [6, 6.07) is 27.2. The number of aromatic nitrogens is 4. The second kappa shape index (κ2) is 13.8. The first kappa shape index (κ1) is 32.4. The molecule has 7 rings (SSSR count). The fourth-order valence-electron chi connectivity index (χ4n) is 7.29. The van der Waals surface area contributed by atoms with Gasteiger partial charge in [-0.25, -0.2) is 9.67 Å². The highest BCUT2D eigenvalue weighted by Crippen LogP contribution is 2.38. The van der Waals surface area contributed by atoms with Crippen molar-refractivity contribution in [2.75, 3.05) is 0 Å². The number of pyridine rings is 1. The Morgan fingerprint density at radius 2 is 1.39 bits per heavy atom. The third-order valence-electron chi connectivity index (χ3n) is 10.2. The number of fused-ring (bicyclic) bond motifs is 3. The normalized spacial score (nSPS) is 11.6. The Morgan fingerprint density at radius 3 is 2.12 bits per heavy atom. The fraction of sp³-hybridized carbons (Fsp3) is 0.273. The van der Waals surface area contributed by atoms with Crippen LogP contribution in [-0.4, -0.2) is 19.3 Å². The van der Waals surface area contributed by atoms with E-state index < -0.39 is 0 Å². The van der Waals surface area contributed by atoms with Crippen molar-refractivity contribution in [1.29, 1.82) is 0 Å². The molecule has 0 radical (unpaired) electrons. The Hall–Kier alpha value is -5.16. The van der Waals surface area contributed by atoms with Gasteiger partial charge in [-0.3, -0.25) is 4.57 Å². The van der Waals surface area contributed by atoms with Crippen LogP contribution in [0.2, 0.25) is 0 Å². The summed E-state index contributed by atoms with van der Waals surface area (Å²) in [5.41, 5.74) is 14.2. The summed E-state index contributed by atoms with van der Waals surface area (Å²) in [5, 5.41) is 7.27. The van der Waals surface area contributed by atoms with E-state index in [4.69, 9.17) is 14.8 Å². The summed E-state index contributed by atoms with van der Waals surface area (Å²) in [6.07, 6.45) is 13.0. The van der Waals surface area contributed by atoms with E-state index in [0.29, 0.717) is 0 Å². The molecule has 4 aromatic carbocycles. The van der Waals surface area contributed by atoms with Gasteiger partial charge in [-0.1, -0.05) is 51.0 Å². The molecule has 3 heterocycles. The Balaban J connectivity index is 1.25. The van der Waals surface area contributed by atoms with Crippen molar-refractivity contribution in [3.63, 3.8) is 0 Å². The summed E-state index contributed by atoms with van der Waals surface area (Å²) in [6.45, 7) is 13.6. The van der Waals surface area contributed by atoms with Gasteiger partial charge in [0.15, 0.2) is 0 Å². The molecule has 49 heavy (non-hydrogen) atoms. The van der Waals surface area contributed by atoms with Crippen LogP contribution in [0.1, 0.15) is 72.9 Å². The van der Waals surface area contributed by atoms with E-state index in [-0.39, 0.29) is 0 Å². The van der Waals surface area contributed by atoms with Gasteiger partial charge in [-0.15, -0.1) is 0 Å². The summed E-state index contributed by atoms with van der Waals surface area (Å²) < 4.78 is 10.8. The first-order chi connectivity index (χ1) is 23.9. The first-order valence-corrected chi connectivity index (χ1v) is 17.8. The third-order valence-corrected chi connectivity index (χ3v) is 10.2. The number of hydrogen-bond donors (Lipinski definition) is 0. The second-order valence-electron chi connectivity index (χ2n) is 13.4. The van der Waals surface area contributed by atoms with Crippen molar-refractivity contribution in [2.45, 2.75) is 80.1 Å². The number of ether oxygens (including phenoxy) is 1. The smallest absolute Gasteiger partial charge is 0.137 e. The monoisotopic (exact) mass is 646 g/mol. The van der Waals surface area contributed by atoms with Crippen molar-refractivity contribution >= 4 is 21.8 Å². The van der Waals surface area contributed by atoms with Crippen LogP contribution in [0.15, 0.2) is 97.5 Å². The van der Waals surface area contributed by atoms with Crippen LogP contribution < -0.4 is 4.74 Å². The lowest BCUT2D eigenvalue weighted by atomic mass is 9.82. The maximum atomic E-state index is 6.55. The number of hydrogen-bond acceptors (Lipinski definition) is 3. The maximum Gasteiger partial charge on any atom is 0.137 e. The molecule has 7 aromatic rings. The molecule has 0 unspecified atom stereocenters. The van der Waals surface area contributed by atoms with E-state index in [1.165, 1.54) is 81.0 Å². The van der Waals surface area contributed by atoms with Crippen LogP contribution in [0.5, 0.6) is 11.5 Å². The van der Waals surface area contributed by atoms with E-state index in [9.17, 15) is 0 Å². The van der Waals surface area contributed by atoms with E-state index in [0.717, 1.165) is 46.9 Å². The summed E-state index contributed by atoms with van der Waals surface area (Å²) in [7, 11) is 0. The Labute approximate surface area is 290 Å². The minimum absolute atomic E-state index is 0.763. The SMILES string of the molecule is CCCCc1c(C)c(C)c(C)c(CCCC)c1-c1cnn(-c2cccc(Oc3ccc4c5ccccc5n(-c5cc(C)ccn5)c4c3)c2)c1. The predicted octanol–water partition coefficient (Wildman–Crippen LogP) is 11.7. The predicted molar refractivity (Wildman–Crippen MR) is 204 cm³/mol. The number of unbranched alkanes of at least 4 members (excludes halogenated alkanes) is 2. The lowest BCUT2D eigenvalue weighted by Gasteiger charge is -2.22. The molecule has 5 nitrogen and oxygen atoms in total. The average Bonchev–Trinajstić information content (AvgIpc) is 3.73. The van der Waals surface area contributed by atoms with Crippen LogP contribution in [0.3, 0.4) is 0 Å². The van der Waals surface area contributed by atoms with E-state index in [1.807, 2.05) is 35.3 Å². The second-order valence-corrected chi connectivity index (χ2v) is 13.4. The molecule has 3 aromatic heterocycles. The number of rotatable bonds is 11. The summed E-state index contributed by atoms with van der Waals surface area (Å²) >= 11 is 0. The van der Waals surface area contributed by atoms with E-state index in [2.05, 4.69) is 113 Å². The Bertz CT molecular complexity index is 2250. The highest BCUT2D eigenvalue weighted by atomic mass is 16.5. The maximum absolute atomic E-state index is 6.55. The first-order valence-electron chi connectivity index (χ1n) is 17.8. The summed E-state index contributed by atoms with van der Waals surface area (Å²) in [5.74, 6) is 2.43. The highest BCUT2D eigenvalue weighted by molar-refractivity contribution is 6.09.